The van der Waals surface area contributed by atoms with Gasteiger partial charge >= 0.3 is 11.4 Å². The van der Waals surface area contributed by atoms with Crippen LogP contribution in [0.15, 0.2) is 0 Å². The van der Waals surface area contributed by atoms with Crippen molar-refractivity contribution in [3.63, 3.8) is 0 Å². The summed E-state index contributed by atoms with van der Waals surface area (Å²) in [4.78, 5) is 20.2. The average Bonchev–Trinajstić information content (AvgIpc) is 1.58. The summed E-state index contributed by atoms with van der Waals surface area (Å²) in [5, 5.41) is 0. The van der Waals surface area contributed by atoms with Crippen LogP contribution in [0.4, 0.5) is 4.79 Å². The second-order valence-corrected chi connectivity index (χ2v) is 1.84. The van der Waals surface area contributed by atoms with Crippen LogP contribution in [0.25, 0.3) is 0 Å². The van der Waals surface area contributed by atoms with E-state index in [0.29, 0.717) is 0 Å². The summed E-state index contributed by atoms with van der Waals surface area (Å²) in [6.45, 7) is 2.60. The van der Waals surface area contributed by atoms with E-state index in [2.05, 4.69) is 9.47 Å². The molecular formula is C5H7ClO4. The Kier molecular flexibility index (Phi) is 3.79. The van der Waals surface area contributed by atoms with Gasteiger partial charge in [0.1, 0.15) is 0 Å². The first-order valence-electron chi connectivity index (χ1n) is 2.55. The summed E-state index contributed by atoms with van der Waals surface area (Å²) in [6.07, 6.45) is -0.914. The van der Waals surface area contributed by atoms with E-state index >= 15 is 0 Å². The quantitative estimate of drug-likeness (QED) is 0.352. The third-order valence-corrected chi connectivity index (χ3v) is 0.680. The van der Waals surface area contributed by atoms with Crippen LogP contribution in [0.1, 0.15) is 13.8 Å². The van der Waals surface area contributed by atoms with Crippen LogP contribution < -0.4 is 0 Å². The van der Waals surface area contributed by atoms with Gasteiger partial charge in [-0.1, -0.05) is 0 Å². The van der Waals surface area contributed by atoms with Crippen molar-refractivity contribution in [3.8, 4) is 0 Å². The first-order chi connectivity index (χ1) is 4.52. The fraction of sp³-hybridized carbons (Fsp3) is 0.600. The highest BCUT2D eigenvalue weighted by atomic mass is 35.5. The summed E-state index contributed by atoms with van der Waals surface area (Å²) in [5.74, 6) is -0.523. The number of carbonyl (C=O) groups excluding carboxylic acids is 2. The molecule has 5 heteroatoms. The van der Waals surface area contributed by atoms with Gasteiger partial charge in [-0.25, -0.2) is 4.79 Å². The Labute approximate surface area is 63.1 Å². The van der Waals surface area contributed by atoms with Crippen LogP contribution in [-0.2, 0) is 14.3 Å². The molecule has 0 saturated heterocycles. The fourth-order valence-corrected chi connectivity index (χ4v) is 0.514. The first kappa shape index (κ1) is 9.23. The normalized spacial score (nSPS) is 11.9. The first-order valence-corrected chi connectivity index (χ1v) is 2.93. The summed E-state index contributed by atoms with van der Waals surface area (Å²) in [7, 11) is 0. The van der Waals surface area contributed by atoms with Gasteiger partial charge in [-0.15, -0.1) is 0 Å². The summed E-state index contributed by atoms with van der Waals surface area (Å²) >= 11 is 4.80. The lowest BCUT2D eigenvalue weighted by Gasteiger charge is -2.09. The Morgan fingerprint density at radius 1 is 1.40 bits per heavy atom. The van der Waals surface area contributed by atoms with E-state index in [-0.39, 0.29) is 0 Å². The van der Waals surface area contributed by atoms with Gasteiger partial charge in [0.15, 0.2) is 0 Å². The van der Waals surface area contributed by atoms with E-state index < -0.39 is 17.7 Å². The number of ether oxygens (including phenoxy) is 2. The molecule has 58 valence electrons. The van der Waals surface area contributed by atoms with Crippen molar-refractivity contribution < 1.29 is 19.1 Å². The van der Waals surface area contributed by atoms with Gasteiger partial charge in [-0.3, -0.25) is 4.79 Å². The van der Waals surface area contributed by atoms with E-state index in [1.54, 1.807) is 0 Å². The molecule has 0 bridgehead atoms. The van der Waals surface area contributed by atoms with Crippen LogP contribution in [-0.4, -0.2) is 17.7 Å². The van der Waals surface area contributed by atoms with Crippen LogP contribution in [0.2, 0.25) is 0 Å². The number of esters is 1. The highest BCUT2D eigenvalue weighted by Gasteiger charge is 2.07. The maximum atomic E-state index is 10.2. The molecule has 0 rings (SSSR count). The van der Waals surface area contributed by atoms with Crippen molar-refractivity contribution in [3.05, 3.63) is 0 Å². The fourth-order valence-electron chi connectivity index (χ4n) is 0.388. The van der Waals surface area contributed by atoms with Crippen molar-refractivity contribution in [2.75, 3.05) is 0 Å². The van der Waals surface area contributed by atoms with E-state index in [1.165, 1.54) is 13.8 Å². The number of hydrogen-bond acceptors (Lipinski definition) is 4. The molecule has 0 N–H and O–H groups in total. The van der Waals surface area contributed by atoms with Crippen molar-refractivity contribution in [1.29, 1.82) is 0 Å². The number of hydrogen-bond donors (Lipinski definition) is 0. The molecule has 10 heavy (non-hydrogen) atoms. The zero-order valence-corrected chi connectivity index (χ0v) is 6.34. The summed E-state index contributed by atoms with van der Waals surface area (Å²) in [5.41, 5.74) is -0.992. The summed E-state index contributed by atoms with van der Waals surface area (Å²) in [6, 6.07) is 0. The minimum Gasteiger partial charge on any atom is -0.426 e. The van der Waals surface area contributed by atoms with Crippen molar-refractivity contribution >= 4 is 23.0 Å². The van der Waals surface area contributed by atoms with E-state index in [0.717, 1.165) is 0 Å². The SMILES string of the molecule is CC(=O)O[C@H](C)OC(=O)Cl. The monoisotopic (exact) mass is 166 g/mol. The van der Waals surface area contributed by atoms with Crippen molar-refractivity contribution in [1.82, 2.24) is 0 Å². The lowest BCUT2D eigenvalue weighted by molar-refractivity contribution is -0.160. The molecule has 0 aliphatic rings. The number of rotatable bonds is 2. The number of halogens is 1. The van der Waals surface area contributed by atoms with Crippen LogP contribution in [0.5, 0.6) is 0 Å². The Bertz CT molecular complexity index is 129. The Morgan fingerprint density at radius 2 is 1.90 bits per heavy atom. The standard InChI is InChI=1S/C5H7ClO4/c1-3(7)9-4(2)10-5(6)8/h4H,1-2H3/t4-/m0/s1. The number of carbonyl (C=O) groups is 2. The lowest BCUT2D eigenvalue weighted by atomic mass is 10.7. The molecular weight excluding hydrogens is 160 g/mol. The molecule has 0 aliphatic heterocycles. The predicted octanol–water partition coefficient (Wildman–Crippen LogP) is 1.27. The molecule has 0 radical (unpaired) electrons. The van der Waals surface area contributed by atoms with Crippen LogP contribution in [0, 0.1) is 0 Å². The zero-order valence-electron chi connectivity index (χ0n) is 5.59. The van der Waals surface area contributed by atoms with Gasteiger partial charge in [-0.05, 0) is 0 Å². The lowest BCUT2D eigenvalue weighted by Crippen LogP contribution is -2.16. The minimum absolute atomic E-state index is 0.523. The van der Waals surface area contributed by atoms with Gasteiger partial charge in [0.2, 0.25) is 6.29 Å². The highest BCUT2D eigenvalue weighted by Crippen LogP contribution is 1.97. The third kappa shape index (κ3) is 5.37. The molecule has 0 aromatic rings. The maximum absolute atomic E-state index is 10.2. The molecule has 0 aliphatic carbocycles. The minimum atomic E-state index is -0.992. The molecule has 0 aromatic carbocycles. The topological polar surface area (TPSA) is 52.6 Å². The molecule has 0 fully saturated rings. The second-order valence-electron chi connectivity index (χ2n) is 1.53. The van der Waals surface area contributed by atoms with Gasteiger partial charge in [-0.2, -0.15) is 0 Å². The van der Waals surface area contributed by atoms with Gasteiger partial charge in [0.25, 0.3) is 0 Å². The third-order valence-electron chi connectivity index (χ3n) is 0.591. The van der Waals surface area contributed by atoms with Gasteiger partial charge in [0.05, 0.1) is 0 Å². The van der Waals surface area contributed by atoms with Crippen LogP contribution >= 0.6 is 11.6 Å². The van der Waals surface area contributed by atoms with E-state index in [4.69, 9.17) is 11.6 Å². The smallest absolute Gasteiger partial charge is 0.406 e. The molecule has 1 atom stereocenters. The summed E-state index contributed by atoms with van der Waals surface area (Å²) < 4.78 is 8.64. The zero-order chi connectivity index (χ0) is 8.15. The molecule has 0 amide bonds. The van der Waals surface area contributed by atoms with Crippen LogP contribution in [0.3, 0.4) is 0 Å². The molecule has 0 unspecified atom stereocenters. The second kappa shape index (κ2) is 4.11. The molecule has 0 saturated carbocycles. The molecule has 0 aromatic heterocycles. The highest BCUT2D eigenvalue weighted by molar-refractivity contribution is 6.61. The predicted molar refractivity (Wildman–Crippen MR) is 33.6 cm³/mol. The largest absolute Gasteiger partial charge is 0.426 e. The average molecular weight is 167 g/mol. The van der Waals surface area contributed by atoms with Gasteiger partial charge < -0.3 is 9.47 Å². The van der Waals surface area contributed by atoms with Crippen molar-refractivity contribution in [2.45, 2.75) is 20.1 Å². The molecule has 0 spiro atoms. The Balaban J connectivity index is 3.53. The van der Waals surface area contributed by atoms with Crippen molar-refractivity contribution in [2.24, 2.45) is 0 Å². The van der Waals surface area contributed by atoms with E-state index in [9.17, 15) is 9.59 Å². The molecule has 4 nitrogen and oxygen atoms in total. The van der Waals surface area contributed by atoms with Gasteiger partial charge in [0, 0.05) is 25.4 Å². The van der Waals surface area contributed by atoms with E-state index in [1.807, 2.05) is 0 Å². The Morgan fingerprint density at radius 3 is 2.20 bits per heavy atom. The Hall–Kier alpha value is -0.770. The maximum Gasteiger partial charge on any atom is 0.406 e. The molecule has 0 heterocycles.